The largest absolute Gasteiger partial charge is 0.325 e. The van der Waals surface area contributed by atoms with Crippen molar-refractivity contribution >= 4 is 34.8 Å². The number of anilines is 1. The van der Waals surface area contributed by atoms with Crippen LogP contribution in [0.2, 0.25) is 5.02 Å². The summed E-state index contributed by atoms with van der Waals surface area (Å²) >= 11 is 12.1. The van der Waals surface area contributed by atoms with Gasteiger partial charge in [-0.25, -0.2) is 0 Å². The van der Waals surface area contributed by atoms with Gasteiger partial charge in [-0.2, -0.15) is 0 Å². The molecule has 0 aliphatic carbocycles. The number of carbonyl (C=O) groups excluding carboxylic acids is 1. The van der Waals surface area contributed by atoms with E-state index in [1.807, 2.05) is 18.2 Å². The van der Waals surface area contributed by atoms with Crippen LogP contribution in [0, 0.1) is 0 Å². The molecule has 0 aliphatic rings. The summed E-state index contributed by atoms with van der Waals surface area (Å²) in [5.41, 5.74) is 1.31. The van der Waals surface area contributed by atoms with E-state index in [0.29, 0.717) is 16.3 Å². The van der Waals surface area contributed by atoms with E-state index in [1.165, 1.54) is 0 Å². The molecular formula is C14H11Cl2NO. The molecular weight excluding hydrogens is 269 g/mol. The minimum atomic E-state index is -0.807. The second kappa shape index (κ2) is 5.89. The van der Waals surface area contributed by atoms with Crippen molar-refractivity contribution in [3.8, 4) is 0 Å². The number of para-hydroxylation sites is 1. The molecule has 2 aromatic rings. The lowest BCUT2D eigenvalue weighted by molar-refractivity contribution is -0.116. The van der Waals surface area contributed by atoms with Gasteiger partial charge in [0.2, 0.25) is 5.91 Å². The maximum atomic E-state index is 12.0. The minimum absolute atomic E-state index is 0.295. The number of hydrogen-bond acceptors (Lipinski definition) is 1. The van der Waals surface area contributed by atoms with Gasteiger partial charge in [0, 0.05) is 10.7 Å². The molecule has 0 heterocycles. The van der Waals surface area contributed by atoms with E-state index in [1.54, 1.807) is 36.4 Å². The number of alkyl halides is 1. The van der Waals surface area contributed by atoms with Gasteiger partial charge >= 0.3 is 0 Å². The molecule has 2 rings (SSSR count). The Bertz CT molecular complexity index is 543. The molecule has 1 amide bonds. The van der Waals surface area contributed by atoms with E-state index in [9.17, 15) is 4.79 Å². The van der Waals surface area contributed by atoms with Gasteiger partial charge in [0.15, 0.2) is 0 Å². The van der Waals surface area contributed by atoms with Crippen molar-refractivity contribution in [2.75, 3.05) is 5.32 Å². The van der Waals surface area contributed by atoms with Crippen LogP contribution in [-0.2, 0) is 4.79 Å². The van der Waals surface area contributed by atoms with Crippen molar-refractivity contribution < 1.29 is 4.79 Å². The third-order valence-electron chi connectivity index (χ3n) is 2.45. The summed E-state index contributed by atoms with van der Waals surface area (Å²) in [7, 11) is 0. The van der Waals surface area contributed by atoms with Crippen LogP contribution in [0.25, 0.3) is 0 Å². The molecule has 0 saturated carbocycles. The lowest BCUT2D eigenvalue weighted by Gasteiger charge is -2.12. The van der Waals surface area contributed by atoms with Crippen LogP contribution in [0.4, 0.5) is 5.69 Å². The molecule has 2 aromatic carbocycles. The van der Waals surface area contributed by atoms with Crippen LogP contribution in [0.3, 0.4) is 0 Å². The fraction of sp³-hybridized carbons (Fsp3) is 0.0714. The number of rotatable bonds is 3. The zero-order valence-corrected chi connectivity index (χ0v) is 10.9. The monoisotopic (exact) mass is 279 g/mol. The van der Waals surface area contributed by atoms with Gasteiger partial charge in [-0.05, 0) is 23.8 Å². The lowest BCUT2D eigenvalue weighted by atomic mass is 10.1. The summed E-state index contributed by atoms with van der Waals surface area (Å²) in [6.45, 7) is 0. The van der Waals surface area contributed by atoms with E-state index in [2.05, 4.69) is 5.32 Å². The van der Waals surface area contributed by atoms with E-state index < -0.39 is 5.38 Å². The summed E-state index contributed by atoms with van der Waals surface area (Å²) < 4.78 is 0. The molecule has 0 radical (unpaired) electrons. The summed E-state index contributed by atoms with van der Waals surface area (Å²) in [5.74, 6) is -0.295. The summed E-state index contributed by atoms with van der Waals surface area (Å²) in [6, 6.07) is 16.2. The van der Waals surface area contributed by atoms with Crippen LogP contribution >= 0.6 is 23.2 Å². The van der Waals surface area contributed by atoms with Crippen LogP contribution in [-0.4, -0.2) is 5.91 Å². The highest BCUT2D eigenvalue weighted by Gasteiger charge is 2.19. The van der Waals surface area contributed by atoms with Gasteiger partial charge < -0.3 is 5.32 Å². The molecule has 0 spiro atoms. The fourth-order valence-electron chi connectivity index (χ4n) is 1.55. The lowest BCUT2D eigenvalue weighted by Crippen LogP contribution is -2.17. The highest BCUT2D eigenvalue weighted by atomic mass is 35.5. The molecule has 0 saturated heterocycles. The molecule has 92 valence electrons. The highest BCUT2D eigenvalue weighted by Crippen LogP contribution is 2.28. The first-order valence-electron chi connectivity index (χ1n) is 5.43. The van der Waals surface area contributed by atoms with Crippen molar-refractivity contribution in [1.82, 2.24) is 0 Å². The first-order chi connectivity index (χ1) is 8.68. The third kappa shape index (κ3) is 3.03. The van der Waals surface area contributed by atoms with Crippen LogP contribution < -0.4 is 5.32 Å². The molecule has 0 aliphatic heterocycles. The van der Waals surface area contributed by atoms with Crippen LogP contribution in [0.15, 0.2) is 54.6 Å². The average molecular weight is 280 g/mol. The molecule has 1 unspecified atom stereocenters. The normalized spacial score (nSPS) is 11.9. The van der Waals surface area contributed by atoms with E-state index >= 15 is 0 Å². The minimum Gasteiger partial charge on any atom is -0.325 e. The average Bonchev–Trinajstić information content (AvgIpc) is 2.39. The first-order valence-corrected chi connectivity index (χ1v) is 6.24. The number of benzene rings is 2. The molecule has 0 aromatic heterocycles. The first kappa shape index (κ1) is 12.9. The maximum absolute atomic E-state index is 12.0. The Morgan fingerprint density at radius 3 is 2.28 bits per heavy atom. The summed E-state index contributed by atoms with van der Waals surface area (Å²) in [5, 5.41) is 2.42. The van der Waals surface area contributed by atoms with Crippen molar-refractivity contribution in [3.05, 3.63) is 65.2 Å². The van der Waals surface area contributed by atoms with E-state index in [-0.39, 0.29) is 5.91 Å². The third-order valence-corrected chi connectivity index (χ3v) is 3.23. The topological polar surface area (TPSA) is 29.1 Å². The Labute approximate surface area is 116 Å². The Morgan fingerprint density at radius 1 is 1.00 bits per heavy atom. The van der Waals surface area contributed by atoms with Crippen LogP contribution in [0.5, 0.6) is 0 Å². The van der Waals surface area contributed by atoms with Crippen molar-refractivity contribution in [2.24, 2.45) is 0 Å². The van der Waals surface area contributed by atoms with Crippen molar-refractivity contribution in [1.29, 1.82) is 0 Å². The SMILES string of the molecule is O=C(Nc1ccccc1)C(Cl)c1ccccc1Cl. The van der Waals surface area contributed by atoms with Crippen molar-refractivity contribution in [2.45, 2.75) is 5.38 Å². The Hall–Kier alpha value is -1.51. The Balaban J connectivity index is 2.13. The molecule has 1 N–H and O–H groups in total. The number of carbonyl (C=O) groups is 1. The summed E-state index contributed by atoms with van der Waals surface area (Å²) in [4.78, 5) is 12.0. The number of halogens is 2. The molecule has 18 heavy (non-hydrogen) atoms. The smallest absolute Gasteiger partial charge is 0.247 e. The molecule has 2 nitrogen and oxygen atoms in total. The van der Waals surface area contributed by atoms with Crippen molar-refractivity contribution in [3.63, 3.8) is 0 Å². The van der Waals surface area contributed by atoms with Gasteiger partial charge in [0.25, 0.3) is 0 Å². The quantitative estimate of drug-likeness (QED) is 0.836. The van der Waals surface area contributed by atoms with Gasteiger partial charge in [-0.15, -0.1) is 11.6 Å². The standard InChI is InChI=1S/C14H11Cl2NO/c15-12-9-5-4-8-11(12)13(16)14(18)17-10-6-2-1-3-7-10/h1-9,13H,(H,17,18). The predicted octanol–water partition coefficient (Wildman–Crippen LogP) is 4.26. The van der Waals surface area contributed by atoms with Crippen LogP contribution in [0.1, 0.15) is 10.9 Å². The fourth-order valence-corrected chi connectivity index (χ4v) is 2.09. The van der Waals surface area contributed by atoms with Gasteiger partial charge in [0.05, 0.1) is 0 Å². The van der Waals surface area contributed by atoms with Gasteiger partial charge in [0.1, 0.15) is 5.38 Å². The highest BCUT2D eigenvalue weighted by molar-refractivity contribution is 6.36. The Morgan fingerprint density at radius 2 is 1.61 bits per heavy atom. The van der Waals surface area contributed by atoms with Gasteiger partial charge in [-0.3, -0.25) is 4.79 Å². The predicted molar refractivity (Wildman–Crippen MR) is 75.1 cm³/mol. The zero-order chi connectivity index (χ0) is 13.0. The van der Waals surface area contributed by atoms with E-state index in [4.69, 9.17) is 23.2 Å². The molecule has 0 bridgehead atoms. The molecule has 0 fully saturated rings. The number of hydrogen-bond donors (Lipinski definition) is 1. The maximum Gasteiger partial charge on any atom is 0.247 e. The molecule has 1 atom stereocenters. The number of amides is 1. The summed E-state index contributed by atoms with van der Waals surface area (Å²) in [6.07, 6.45) is 0. The van der Waals surface area contributed by atoms with Gasteiger partial charge in [-0.1, -0.05) is 48.0 Å². The molecule has 4 heteroatoms. The van der Waals surface area contributed by atoms with E-state index in [0.717, 1.165) is 0 Å². The second-order valence-electron chi connectivity index (χ2n) is 3.74. The Kier molecular flexibility index (Phi) is 4.24. The second-order valence-corrected chi connectivity index (χ2v) is 4.58. The zero-order valence-electron chi connectivity index (χ0n) is 9.44. The number of nitrogens with one attached hydrogen (secondary N) is 1.